The molecule has 0 spiro atoms. The molecule has 0 aliphatic rings. The molecule has 0 bridgehead atoms. The van der Waals surface area contributed by atoms with Gasteiger partial charge in [0.15, 0.2) is 6.61 Å². The summed E-state index contributed by atoms with van der Waals surface area (Å²) in [4.78, 5) is 0. The topological polar surface area (TPSA) is 44.8 Å². The van der Waals surface area contributed by atoms with Gasteiger partial charge in [-0.05, 0) is 13.8 Å². The largest absolute Gasteiger partial charge is 0.586 e. The van der Waals surface area contributed by atoms with Gasteiger partial charge in [-0.3, -0.25) is 4.52 Å². The average Bonchev–Trinajstić information content (AvgIpc) is 2.20. The predicted molar refractivity (Wildman–Crippen MR) is 51.4 cm³/mol. The third kappa shape index (κ3) is 7.36. The molecule has 0 aliphatic heterocycles. The van der Waals surface area contributed by atoms with Crippen LogP contribution in [-0.4, -0.2) is 12.8 Å². The van der Waals surface area contributed by atoms with Crippen LogP contribution in [0.4, 0.5) is 13.2 Å². The van der Waals surface area contributed by atoms with Crippen LogP contribution in [0, 0.1) is 0 Å². The molecule has 0 amide bonds. The first-order valence-electron chi connectivity index (χ1n) is 4.23. The molecule has 0 saturated carbocycles. The lowest BCUT2D eigenvalue weighted by molar-refractivity contribution is -0.157. The maximum atomic E-state index is 11.8. The van der Waals surface area contributed by atoms with Crippen LogP contribution in [0.3, 0.4) is 0 Å². The van der Waals surface area contributed by atoms with Crippen molar-refractivity contribution in [1.29, 1.82) is 0 Å². The zero-order valence-corrected chi connectivity index (χ0v) is 9.63. The van der Waals surface area contributed by atoms with Crippen molar-refractivity contribution in [2.75, 3.05) is 6.61 Å². The van der Waals surface area contributed by atoms with E-state index < -0.39 is 20.6 Å². The molecule has 0 aromatic rings. The third-order valence-corrected chi connectivity index (χ3v) is 2.24. The van der Waals surface area contributed by atoms with E-state index in [1.54, 1.807) is 0 Å². The van der Waals surface area contributed by atoms with E-state index in [4.69, 9.17) is 0 Å². The van der Waals surface area contributed by atoms with Gasteiger partial charge in [0.25, 0.3) is 0 Å². The Kier molecular flexibility index (Phi) is 6.21. The van der Waals surface area contributed by atoms with Crippen LogP contribution >= 0.6 is 7.82 Å². The van der Waals surface area contributed by atoms with Gasteiger partial charge in [0.1, 0.15) is 0 Å². The lowest BCUT2D eigenvalue weighted by atomic mass is 10.7. The maximum absolute atomic E-state index is 11.8. The number of phosphoric acid groups is 1. The minimum Gasteiger partial charge on any atom is -0.403 e. The summed E-state index contributed by atoms with van der Waals surface area (Å²) in [6.45, 7) is 1.35. The van der Waals surface area contributed by atoms with Gasteiger partial charge in [-0.2, -0.15) is 13.2 Å². The van der Waals surface area contributed by atoms with Gasteiger partial charge in [0.05, 0.1) is 12.5 Å². The molecule has 94 valence electrons. The van der Waals surface area contributed by atoms with E-state index in [2.05, 4.69) is 13.6 Å². The molecule has 0 aromatic heterocycles. The molecule has 0 saturated heterocycles. The van der Waals surface area contributed by atoms with Gasteiger partial charge < -0.3 is 9.05 Å². The summed E-state index contributed by atoms with van der Waals surface area (Å²) >= 11 is 0. The Labute approximate surface area is 91.3 Å². The second kappa shape index (κ2) is 6.60. The van der Waals surface area contributed by atoms with E-state index in [0.717, 1.165) is 12.5 Å². The molecule has 0 radical (unpaired) electrons. The van der Waals surface area contributed by atoms with Gasteiger partial charge >= 0.3 is 14.0 Å². The molecule has 0 N–H and O–H groups in total. The van der Waals surface area contributed by atoms with Crippen LogP contribution in [0.2, 0.25) is 0 Å². The fourth-order valence-electron chi connectivity index (χ4n) is 0.509. The van der Waals surface area contributed by atoms with Crippen molar-refractivity contribution in [3.05, 3.63) is 24.7 Å². The fraction of sp³-hybridized carbons (Fsp3) is 0.500. The summed E-state index contributed by atoms with van der Waals surface area (Å²) < 4.78 is 60.0. The molecule has 0 unspecified atom stereocenters. The molecule has 4 nitrogen and oxygen atoms in total. The number of alkyl halides is 3. The summed E-state index contributed by atoms with van der Waals surface area (Å²) in [5.41, 5.74) is 0. The molecule has 0 atom stereocenters. The van der Waals surface area contributed by atoms with Crippen LogP contribution in [0.5, 0.6) is 0 Å². The molecule has 0 aromatic carbocycles. The Morgan fingerprint density at radius 1 is 1.12 bits per heavy atom. The van der Waals surface area contributed by atoms with Crippen molar-refractivity contribution in [3.8, 4) is 0 Å². The lowest BCUT2D eigenvalue weighted by Crippen LogP contribution is -2.16. The highest BCUT2D eigenvalue weighted by Gasteiger charge is 2.36. The van der Waals surface area contributed by atoms with E-state index >= 15 is 0 Å². The second-order valence-corrected chi connectivity index (χ2v) is 4.06. The Balaban J connectivity index is 4.47. The number of hydrogen-bond donors (Lipinski definition) is 0. The monoisotopic (exact) mass is 260 g/mol. The van der Waals surface area contributed by atoms with Crippen molar-refractivity contribution in [2.24, 2.45) is 0 Å². The minimum absolute atomic E-state index is 0.931. The van der Waals surface area contributed by atoms with E-state index in [1.165, 1.54) is 26.0 Å². The van der Waals surface area contributed by atoms with Crippen LogP contribution in [-0.2, 0) is 18.1 Å². The first kappa shape index (κ1) is 15.1. The van der Waals surface area contributed by atoms with E-state index in [1.807, 2.05) is 0 Å². The highest BCUT2D eigenvalue weighted by molar-refractivity contribution is 7.48. The minimum atomic E-state index is -4.60. The normalized spacial score (nSPS) is 16.6. The van der Waals surface area contributed by atoms with Crippen molar-refractivity contribution in [2.45, 2.75) is 20.0 Å². The van der Waals surface area contributed by atoms with Crippen molar-refractivity contribution in [1.82, 2.24) is 0 Å². The molecule has 16 heavy (non-hydrogen) atoms. The number of phosphoric ester groups is 1. The molecule has 0 fully saturated rings. The SMILES string of the molecule is CC=COP(=O)(OC=CC)OCC(F)(F)F. The Hall–Kier alpha value is -0.940. The van der Waals surface area contributed by atoms with Crippen LogP contribution in [0.1, 0.15) is 13.8 Å². The van der Waals surface area contributed by atoms with E-state index in [9.17, 15) is 17.7 Å². The smallest absolute Gasteiger partial charge is 0.403 e. The third-order valence-electron chi connectivity index (χ3n) is 1.04. The quantitative estimate of drug-likeness (QED) is 0.538. The fourth-order valence-corrected chi connectivity index (χ4v) is 1.53. The number of rotatable bonds is 6. The highest BCUT2D eigenvalue weighted by atomic mass is 31.2. The van der Waals surface area contributed by atoms with Crippen molar-refractivity contribution in [3.63, 3.8) is 0 Å². The van der Waals surface area contributed by atoms with Gasteiger partial charge in [0, 0.05) is 0 Å². The van der Waals surface area contributed by atoms with Gasteiger partial charge in [0.2, 0.25) is 0 Å². The summed E-state index contributed by atoms with van der Waals surface area (Å²) in [6.07, 6.45) is -0.0687. The number of allylic oxidation sites excluding steroid dienone is 2. The molecule has 8 heteroatoms. The molecule has 0 heterocycles. The Morgan fingerprint density at radius 3 is 1.88 bits per heavy atom. The van der Waals surface area contributed by atoms with E-state index in [0.29, 0.717) is 0 Å². The number of halogens is 3. The van der Waals surface area contributed by atoms with Crippen molar-refractivity contribution < 1.29 is 31.3 Å². The van der Waals surface area contributed by atoms with Crippen LogP contribution < -0.4 is 0 Å². The van der Waals surface area contributed by atoms with Gasteiger partial charge in [-0.1, -0.05) is 12.2 Å². The Bertz CT molecular complexity index is 280. The molecular formula is C8H12F3O4P. The molecular weight excluding hydrogens is 248 g/mol. The van der Waals surface area contributed by atoms with Gasteiger partial charge in [-0.15, -0.1) is 0 Å². The van der Waals surface area contributed by atoms with Crippen LogP contribution in [0.15, 0.2) is 24.7 Å². The summed E-state index contributed by atoms with van der Waals surface area (Å²) in [5, 5.41) is 0. The summed E-state index contributed by atoms with van der Waals surface area (Å²) in [7, 11) is -4.24. The highest BCUT2D eigenvalue weighted by Crippen LogP contribution is 2.50. The van der Waals surface area contributed by atoms with Crippen molar-refractivity contribution >= 4 is 7.82 Å². The average molecular weight is 260 g/mol. The second-order valence-electron chi connectivity index (χ2n) is 2.49. The molecule has 0 rings (SSSR count). The first-order valence-corrected chi connectivity index (χ1v) is 5.69. The number of hydrogen-bond acceptors (Lipinski definition) is 4. The van der Waals surface area contributed by atoms with Gasteiger partial charge in [-0.25, -0.2) is 4.57 Å². The standard InChI is InChI=1S/C8H12F3O4P/c1-3-5-13-16(12,14-6-4-2)15-7-8(9,10)11/h3-6H,7H2,1-2H3. The predicted octanol–water partition coefficient (Wildman–Crippen LogP) is 3.77. The zero-order valence-electron chi connectivity index (χ0n) is 8.73. The van der Waals surface area contributed by atoms with E-state index in [-0.39, 0.29) is 0 Å². The summed E-state index contributed by atoms with van der Waals surface area (Å²) in [5.74, 6) is 0. The first-order chi connectivity index (χ1) is 7.33. The van der Waals surface area contributed by atoms with Crippen LogP contribution in [0.25, 0.3) is 0 Å². The summed E-state index contributed by atoms with van der Waals surface area (Å²) in [6, 6.07) is 0. The molecule has 0 aliphatic carbocycles. The lowest BCUT2D eigenvalue weighted by Gasteiger charge is -2.15. The maximum Gasteiger partial charge on any atom is 0.586 e. The Morgan fingerprint density at radius 2 is 1.56 bits per heavy atom. The zero-order chi connectivity index (χ0) is 12.7.